The van der Waals surface area contributed by atoms with Crippen molar-refractivity contribution in [1.29, 1.82) is 0 Å². The van der Waals surface area contributed by atoms with Crippen molar-refractivity contribution < 1.29 is 0 Å². The van der Waals surface area contributed by atoms with E-state index in [4.69, 9.17) is 24.9 Å². The van der Waals surface area contributed by atoms with Gasteiger partial charge in [-0.3, -0.25) is 4.98 Å². The van der Waals surface area contributed by atoms with Gasteiger partial charge in [0.15, 0.2) is 5.82 Å². The Hall–Kier alpha value is -8.15. The van der Waals surface area contributed by atoms with E-state index in [1.54, 1.807) is 0 Å². The molecule has 11 aromatic rings. The molecule has 0 spiro atoms. The Morgan fingerprint density at radius 3 is 1.52 bits per heavy atom. The summed E-state index contributed by atoms with van der Waals surface area (Å²) in [6, 6.07) is 71.4. The fourth-order valence-corrected chi connectivity index (χ4v) is 8.13. The van der Waals surface area contributed by atoms with Crippen LogP contribution in [0.4, 0.5) is 0 Å². The fourth-order valence-electron chi connectivity index (χ4n) is 8.13. The van der Waals surface area contributed by atoms with Crippen LogP contribution in [-0.4, -0.2) is 24.9 Å². The zero-order chi connectivity index (χ0) is 39.8. The van der Waals surface area contributed by atoms with Crippen molar-refractivity contribution in [2.45, 2.75) is 0 Å². The monoisotopic (exact) mass is 765 g/mol. The number of aromatic nitrogens is 5. The third kappa shape index (κ3) is 6.54. The molecule has 4 aromatic heterocycles. The van der Waals surface area contributed by atoms with Crippen molar-refractivity contribution in [3.05, 3.63) is 212 Å². The van der Waals surface area contributed by atoms with E-state index in [-0.39, 0.29) is 0 Å². The number of hydrogen-bond donors (Lipinski definition) is 0. The molecule has 280 valence electrons. The zero-order valence-electron chi connectivity index (χ0n) is 32.4. The maximum atomic E-state index is 5.42. The summed E-state index contributed by atoms with van der Waals surface area (Å²) in [5, 5.41) is 3.21. The second-order valence-electron chi connectivity index (χ2n) is 14.9. The van der Waals surface area contributed by atoms with E-state index in [1.165, 1.54) is 0 Å². The Morgan fingerprint density at radius 2 is 0.800 bits per heavy atom. The van der Waals surface area contributed by atoms with Crippen molar-refractivity contribution in [1.82, 2.24) is 24.9 Å². The first-order chi connectivity index (χ1) is 29.7. The van der Waals surface area contributed by atoms with Crippen molar-refractivity contribution in [2.75, 3.05) is 0 Å². The molecule has 5 nitrogen and oxygen atoms in total. The number of rotatable bonds is 7. The van der Waals surface area contributed by atoms with Crippen LogP contribution in [0.25, 0.3) is 111 Å². The van der Waals surface area contributed by atoms with E-state index < -0.39 is 0 Å². The third-order valence-corrected chi connectivity index (χ3v) is 11.1. The second kappa shape index (κ2) is 15.0. The summed E-state index contributed by atoms with van der Waals surface area (Å²) in [7, 11) is 0. The minimum Gasteiger partial charge on any atom is -0.256 e. The van der Waals surface area contributed by atoms with Crippen molar-refractivity contribution in [3.63, 3.8) is 0 Å². The number of benzene rings is 7. The molecule has 0 bridgehead atoms. The van der Waals surface area contributed by atoms with Crippen LogP contribution < -0.4 is 0 Å². The molecule has 0 aliphatic heterocycles. The minimum absolute atomic E-state index is 0.660. The summed E-state index contributed by atoms with van der Waals surface area (Å²) in [4.78, 5) is 25.8. The normalized spacial score (nSPS) is 11.3. The zero-order valence-corrected chi connectivity index (χ0v) is 32.4. The standard InChI is InChI=1S/C55H35N5/c1-4-14-36(15-5-1)47-34-49(58-54-46(47)29-27-39-28-30-48(57-53(39)54)37-16-6-2-7-17-37)43-23-11-24-44(33-43)51-35-50(59-55(60-51)40-18-8-3-9-19-40)42-22-10-21-41(32-42)45-26-12-20-38-25-13-31-56-52(38)45/h1-35H. The van der Waals surface area contributed by atoms with E-state index in [9.17, 15) is 0 Å². The van der Waals surface area contributed by atoms with Crippen LogP contribution in [-0.2, 0) is 0 Å². The lowest BCUT2D eigenvalue weighted by molar-refractivity contribution is 1.18. The van der Waals surface area contributed by atoms with Crippen LogP contribution in [0.3, 0.4) is 0 Å². The Balaban J connectivity index is 1.07. The van der Waals surface area contributed by atoms with Gasteiger partial charge >= 0.3 is 0 Å². The number of pyridine rings is 3. The van der Waals surface area contributed by atoms with E-state index in [0.717, 1.165) is 106 Å². The molecule has 0 saturated heterocycles. The molecule has 0 aliphatic rings. The molecule has 0 N–H and O–H groups in total. The molecule has 4 heterocycles. The first-order valence-corrected chi connectivity index (χ1v) is 20.1. The smallest absolute Gasteiger partial charge is 0.160 e. The van der Waals surface area contributed by atoms with E-state index in [2.05, 4.69) is 164 Å². The Kier molecular flexibility index (Phi) is 8.75. The number of nitrogens with zero attached hydrogens (tertiary/aromatic N) is 5. The van der Waals surface area contributed by atoms with Gasteiger partial charge in [-0.1, -0.05) is 170 Å². The summed E-state index contributed by atoms with van der Waals surface area (Å²) >= 11 is 0. The third-order valence-electron chi connectivity index (χ3n) is 11.1. The molecule has 7 aromatic carbocycles. The van der Waals surface area contributed by atoms with Gasteiger partial charge in [0.25, 0.3) is 0 Å². The van der Waals surface area contributed by atoms with E-state index in [0.29, 0.717) is 5.82 Å². The molecule has 0 saturated carbocycles. The van der Waals surface area contributed by atoms with E-state index in [1.807, 2.05) is 48.7 Å². The van der Waals surface area contributed by atoms with Gasteiger partial charge in [-0.15, -0.1) is 0 Å². The second-order valence-corrected chi connectivity index (χ2v) is 14.9. The highest BCUT2D eigenvalue weighted by molar-refractivity contribution is 6.09. The average molecular weight is 766 g/mol. The Labute approximate surface area is 347 Å². The fraction of sp³-hybridized carbons (Fsp3) is 0. The number of para-hydroxylation sites is 1. The van der Waals surface area contributed by atoms with Gasteiger partial charge in [-0.25, -0.2) is 19.9 Å². The lowest BCUT2D eigenvalue weighted by atomic mass is 9.96. The molecular formula is C55H35N5. The predicted molar refractivity (Wildman–Crippen MR) is 246 cm³/mol. The predicted octanol–water partition coefficient (Wildman–Crippen LogP) is 13.8. The van der Waals surface area contributed by atoms with Gasteiger partial charge in [0.05, 0.1) is 39.3 Å². The molecule has 0 atom stereocenters. The van der Waals surface area contributed by atoms with Gasteiger partial charge in [-0.2, -0.15) is 0 Å². The maximum absolute atomic E-state index is 5.42. The lowest BCUT2D eigenvalue weighted by Crippen LogP contribution is -1.97. The van der Waals surface area contributed by atoms with Gasteiger partial charge < -0.3 is 0 Å². The molecule has 5 heteroatoms. The quantitative estimate of drug-likeness (QED) is 0.151. The lowest BCUT2D eigenvalue weighted by Gasteiger charge is -2.14. The van der Waals surface area contributed by atoms with E-state index >= 15 is 0 Å². The Morgan fingerprint density at radius 1 is 0.267 bits per heavy atom. The summed E-state index contributed by atoms with van der Waals surface area (Å²) in [6.07, 6.45) is 1.85. The van der Waals surface area contributed by atoms with Crippen LogP contribution in [0.15, 0.2) is 212 Å². The van der Waals surface area contributed by atoms with Gasteiger partial charge in [0.2, 0.25) is 0 Å². The minimum atomic E-state index is 0.660. The molecule has 11 rings (SSSR count). The molecule has 60 heavy (non-hydrogen) atoms. The van der Waals surface area contributed by atoms with Crippen LogP contribution in [0.1, 0.15) is 0 Å². The van der Waals surface area contributed by atoms with Gasteiger partial charge in [0, 0.05) is 55.7 Å². The molecule has 0 unspecified atom stereocenters. The Bertz CT molecular complexity index is 3360. The number of hydrogen-bond acceptors (Lipinski definition) is 5. The molecule has 0 radical (unpaired) electrons. The van der Waals surface area contributed by atoms with Gasteiger partial charge in [-0.05, 0) is 53.1 Å². The highest BCUT2D eigenvalue weighted by Gasteiger charge is 2.17. The topological polar surface area (TPSA) is 64.5 Å². The molecule has 0 amide bonds. The van der Waals surface area contributed by atoms with Crippen molar-refractivity contribution in [3.8, 4) is 78.7 Å². The largest absolute Gasteiger partial charge is 0.256 e. The summed E-state index contributed by atoms with van der Waals surface area (Å²) in [5.74, 6) is 0.660. The molecular weight excluding hydrogens is 731 g/mol. The number of fused-ring (bicyclic) bond motifs is 4. The maximum Gasteiger partial charge on any atom is 0.160 e. The van der Waals surface area contributed by atoms with Crippen molar-refractivity contribution >= 4 is 32.7 Å². The van der Waals surface area contributed by atoms with Crippen LogP contribution in [0.2, 0.25) is 0 Å². The SMILES string of the molecule is c1ccc(-c2ccc3ccc4c(-c5ccccc5)cc(-c5cccc(-c6cc(-c7cccc(-c8cccc9cccnc89)c7)nc(-c7ccccc7)n6)c5)nc4c3n2)cc1. The summed E-state index contributed by atoms with van der Waals surface area (Å²) in [5.41, 5.74) is 15.5. The van der Waals surface area contributed by atoms with Crippen LogP contribution in [0, 0.1) is 0 Å². The van der Waals surface area contributed by atoms with Gasteiger partial charge in [0.1, 0.15) is 0 Å². The van der Waals surface area contributed by atoms with Crippen molar-refractivity contribution in [2.24, 2.45) is 0 Å². The average Bonchev–Trinajstić information content (AvgIpc) is 3.34. The van der Waals surface area contributed by atoms with Crippen LogP contribution >= 0.6 is 0 Å². The molecule has 0 fully saturated rings. The highest BCUT2D eigenvalue weighted by atomic mass is 14.9. The highest BCUT2D eigenvalue weighted by Crippen LogP contribution is 2.38. The first kappa shape index (κ1) is 35.0. The van der Waals surface area contributed by atoms with Crippen LogP contribution in [0.5, 0.6) is 0 Å². The first-order valence-electron chi connectivity index (χ1n) is 20.1. The summed E-state index contributed by atoms with van der Waals surface area (Å²) < 4.78 is 0. The summed E-state index contributed by atoms with van der Waals surface area (Å²) in [6.45, 7) is 0. The molecule has 0 aliphatic carbocycles.